The van der Waals surface area contributed by atoms with Gasteiger partial charge in [-0.1, -0.05) is 0 Å². The highest BCUT2D eigenvalue weighted by atomic mass is 32.2. The van der Waals surface area contributed by atoms with Gasteiger partial charge >= 0.3 is 0 Å². The summed E-state index contributed by atoms with van der Waals surface area (Å²) in [5.41, 5.74) is 0. The normalized spacial score (nSPS) is 24.4. The van der Waals surface area contributed by atoms with Gasteiger partial charge in [0.15, 0.2) is 5.25 Å². The fraction of sp³-hybridized carbons (Fsp3) is 0.875. The fourth-order valence-corrected chi connectivity index (χ4v) is 1.98. The zero-order chi connectivity index (χ0) is 11.3. The average Bonchev–Trinajstić information content (AvgIpc) is 2.27. The van der Waals surface area contributed by atoms with Gasteiger partial charge in [-0.2, -0.15) is 5.26 Å². The minimum Gasteiger partial charge on any atom is -0.378 e. The quantitative estimate of drug-likeness (QED) is 0.637. The summed E-state index contributed by atoms with van der Waals surface area (Å²) in [5, 5.41) is 10.6. The first-order valence-electron chi connectivity index (χ1n) is 4.75. The van der Waals surface area contributed by atoms with Crippen molar-refractivity contribution in [2.45, 2.75) is 18.2 Å². The number of ether oxygens (including phenoxy) is 1. The predicted molar refractivity (Wildman–Crippen MR) is 54.6 cm³/mol. The molecule has 0 aliphatic carbocycles. The fourth-order valence-electron chi connectivity index (χ4n) is 1.16. The molecule has 0 amide bonds. The molecule has 1 aliphatic rings. The molecule has 2 atom stereocenters. The molecule has 1 aliphatic heterocycles. The first kappa shape index (κ1) is 12.4. The Morgan fingerprint density at radius 2 is 2.47 bits per heavy atom. The van der Waals surface area contributed by atoms with Crippen molar-refractivity contribution in [1.29, 1.82) is 5.26 Å². The number of rotatable bonds is 4. The lowest BCUT2D eigenvalue weighted by Crippen LogP contribution is -2.49. The molecule has 86 valence electrons. The van der Waals surface area contributed by atoms with Crippen molar-refractivity contribution in [3.05, 3.63) is 0 Å². The zero-order valence-corrected chi connectivity index (χ0v) is 9.38. The van der Waals surface area contributed by atoms with Gasteiger partial charge in [0.05, 0.1) is 19.3 Å². The Balaban J connectivity index is 2.39. The van der Waals surface area contributed by atoms with Crippen LogP contribution in [0, 0.1) is 11.3 Å². The third-order valence-corrected chi connectivity index (χ3v) is 3.78. The Labute approximate surface area is 89.7 Å². The monoisotopic (exact) mass is 233 g/mol. The molecule has 0 aromatic heterocycles. The van der Waals surface area contributed by atoms with Gasteiger partial charge in [-0.3, -0.25) is 0 Å². The Bertz CT molecular complexity index is 330. The van der Waals surface area contributed by atoms with Gasteiger partial charge in [0.2, 0.25) is 10.0 Å². The van der Waals surface area contributed by atoms with Crippen molar-refractivity contribution in [2.24, 2.45) is 0 Å². The zero-order valence-electron chi connectivity index (χ0n) is 8.56. The lowest BCUT2D eigenvalue weighted by atomic mass is 10.3. The molecule has 0 radical (unpaired) electrons. The van der Waals surface area contributed by atoms with E-state index >= 15 is 0 Å². The van der Waals surface area contributed by atoms with Gasteiger partial charge in [0.25, 0.3) is 0 Å². The van der Waals surface area contributed by atoms with Gasteiger partial charge in [-0.05, 0) is 6.92 Å². The molecular weight excluding hydrogens is 218 g/mol. The first-order chi connectivity index (χ1) is 7.06. The van der Waals surface area contributed by atoms with Gasteiger partial charge in [0, 0.05) is 19.1 Å². The van der Waals surface area contributed by atoms with Crippen LogP contribution < -0.4 is 10.0 Å². The van der Waals surface area contributed by atoms with Crippen LogP contribution in [0.2, 0.25) is 0 Å². The number of morpholine rings is 1. The van der Waals surface area contributed by atoms with E-state index in [1.165, 1.54) is 6.92 Å². The summed E-state index contributed by atoms with van der Waals surface area (Å²) < 4.78 is 30.4. The minimum absolute atomic E-state index is 0.0144. The maximum Gasteiger partial charge on any atom is 0.227 e. The molecule has 1 saturated heterocycles. The third kappa shape index (κ3) is 3.76. The van der Waals surface area contributed by atoms with E-state index in [0.717, 1.165) is 6.54 Å². The van der Waals surface area contributed by atoms with Gasteiger partial charge in [0.1, 0.15) is 0 Å². The molecule has 1 fully saturated rings. The number of nitrogens with one attached hydrogen (secondary N) is 2. The largest absolute Gasteiger partial charge is 0.378 e. The van der Waals surface area contributed by atoms with Crippen LogP contribution in [0.15, 0.2) is 0 Å². The molecule has 0 saturated carbocycles. The van der Waals surface area contributed by atoms with Crippen LogP contribution in [0.4, 0.5) is 0 Å². The molecule has 1 rings (SSSR count). The molecule has 15 heavy (non-hydrogen) atoms. The molecule has 0 spiro atoms. The van der Waals surface area contributed by atoms with Gasteiger partial charge < -0.3 is 10.1 Å². The molecule has 2 N–H and O–H groups in total. The topological polar surface area (TPSA) is 91.2 Å². The van der Waals surface area contributed by atoms with E-state index in [1.807, 2.05) is 0 Å². The van der Waals surface area contributed by atoms with Gasteiger partial charge in [-0.25, -0.2) is 13.1 Å². The second kappa shape index (κ2) is 5.42. The van der Waals surface area contributed by atoms with Crippen LogP contribution in [0.5, 0.6) is 0 Å². The maximum absolute atomic E-state index is 11.4. The smallest absolute Gasteiger partial charge is 0.227 e. The molecule has 0 aromatic rings. The number of sulfonamides is 1. The van der Waals surface area contributed by atoms with E-state index in [9.17, 15) is 8.42 Å². The summed E-state index contributed by atoms with van der Waals surface area (Å²) in [4.78, 5) is 0. The minimum atomic E-state index is -3.52. The van der Waals surface area contributed by atoms with Crippen molar-refractivity contribution < 1.29 is 13.2 Å². The predicted octanol–water partition coefficient (Wildman–Crippen LogP) is -1.19. The molecule has 6 nitrogen and oxygen atoms in total. The SMILES string of the molecule is CC(C#N)S(=O)(=O)NCC1COCCN1. The van der Waals surface area contributed by atoms with Crippen molar-refractivity contribution in [2.75, 3.05) is 26.3 Å². The Morgan fingerprint density at radius 3 is 3.00 bits per heavy atom. The molecule has 1 heterocycles. The molecule has 7 heteroatoms. The summed E-state index contributed by atoms with van der Waals surface area (Å²) in [7, 11) is -3.52. The number of nitriles is 1. The number of hydrogen-bond donors (Lipinski definition) is 2. The van der Waals surface area contributed by atoms with Crippen LogP contribution in [0.25, 0.3) is 0 Å². The van der Waals surface area contributed by atoms with Crippen LogP contribution in [0.1, 0.15) is 6.92 Å². The highest BCUT2D eigenvalue weighted by molar-refractivity contribution is 7.90. The highest BCUT2D eigenvalue weighted by Crippen LogP contribution is 1.97. The van der Waals surface area contributed by atoms with E-state index in [1.54, 1.807) is 6.07 Å². The lowest BCUT2D eigenvalue weighted by molar-refractivity contribution is 0.0784. The van der Waals surface area contributed by atoms with Crippen molar-refractivity contribution in [3.8, 4) is 6.07 Å². The van der Waals surface area contributed by atoms with Crippen molar-refractivity contribution >= 4 is 10.0 Å². The Hall–Kier alpha value is -0.680. The second-order valence-corrected chi connectivity index (χ2v) is 5.48. The van der Waals surface area contributed by atoms with Crippen LogP contribution in [-0.2, 0) is 14.8 Å². The average molecular weight is 233 g/mol. The highest BCUT2D eigenvalue weighted by Gasteiger charge is 2.22. The van der Waals surface area contributed by atoms with E-state index in [2.05, 4.69) is 10.0 Å². The van der Waals surface area contributed by atoms with Gasteiger partial charge in [-0.15, -0.1) is 0 Å². The summed E-state index contributed by atoms with van der Waals surface area (Å²) in [6, 6.07) is 1.68. The van der Waals surface area contributed by atoms with Crippen molar-refractivity contribution in [1.82, 2.24) is 10.0 Å². The Morgan fingerprint density at radius 1 is 1.73 bits per heavy atom. The van der Waals surface area contributed by atoms with Crippen LogP contribution >= 0.6 is 0 Å². The lowest BCUT2D eigenvalue weighted by Gasteiger charge is -2.24. The first-order valence-corrected chi connectivity index (χ1v) is 6.30. The summed E-state index contributed by atoms with van der Waals surface area (Å²) in [5.74, 6) is 0. The van der Waals surface area contributed by atoms with E-state index in [-0.39, 0.29) is 12.6 Å². The summed E-state index contributed by atoms with van der Waals surface area (Å²) in [6.07, 6.45) is 0. The number of hydrogen-bond acceptors (Lipinski definition) is 5. The summed E-state index contributed by atoms with van der Waals surface area (Å²) >= 11 is 0. The summed E-state index contributed by atoms with van der Waals surface area (Å²) in [6.45, 7) is 3.48. The second-order valence-electron chi connectivity index (χ2n) is 3.39. The maximum atomic E-state index is 11.4. The van der Waals surface area contributed by atoms with E-state index < -0.39 is 15.3 Å². The Kier molecular flexibility index (Phi) is 4.47. The molecular formula is C8H15N3O3S. The molecule has 0 aromatic carbocycles. The van der Waals surface area contributed by atoms with Crippen molar-refractivity contribution in [3.63, 3.8) is 0 Å². The van der Waals surface area contributed by atoms with Crippen LogP contribution in [0.3, 0.4) is 0 Å². The standard InChI is InChI=1S/C8H15N3O3S/c1-7(4-9)15(12,13)11-5-8-6-14-3-2-10-8/h7-8,10-11H,2-3,5-6H2,1H3. The third-order valence-electron chi connectivity index (χ3n) is 2.18. The van der Waals surface area contributed by atoms with E-state index in [0.29, 0.717) is 13.2 Å². The number of nitrogens with zero attached hydrogens (tertiary/aromatic N) is 1. The molecule has 2 unspecified atom stereocenters. The van der Waals surface area contributed by atoms with E-state index in [4.69, 9.17) is 10.00 Å². The molecule has 0 bridgehead atoms. The van der Waals surface area contributed by atoms with Crippen LogP contribution in [-0.4, -0.2) is 46.0 Å².